The summed E-state index contributed by atoms with van der Waals surface area (Å²) in [5, 5.41) is 24.8. The van der Waals surface area contributed by atoms with Gasteiger partial charge >= 0.3 is 0 Å². The van der Waals surface area contributed by atoms with E-state index in [2.05, 4.69) is 35.8 Å². The maximum absolute atomic E-state index is 12.8. The van der Waals surface area contributed by atoms with Gasteiger partial charge in [-0.1, -0.05) is 0 Å². The number of fused-ring (bicyclic) bond motifs is 1. The summed E-state index contributed by atoms with van der Waals surface area (Å²) in [5.41, 5.74) is 1.74. The van der Waals surface area contributed by atoms with Crippen molar-refractivity contribution in [3.63, 3.8) is 0 Å². The van der Waals surface area contributed by atoms with Crippen LogP contribution in [0.2, 0.25) is 5.28 Å². The van der Waals surface area contributed by atoms with Gasteiger partial charge in [0, 0.05) is 35.4 Å². The summed E-state index contributed by atoms with van der Waals surface area (Å²) < 4.78 is 66.3. The highest BCUT2D eigenvalue weighted by Gasteiger charge is 2.23. The standard InChI is InChI=1S/C31H29ClN8O8S2/c1-4-40(5-2)28(42)18-6-13-24(17(3)14-18)34-31-36-29(32)35-30(37-31)33-21-9-12-23-19(15-21)16-25(50(46,47)48)26(27(23)41)39-38-20-7-10-22(11-8-20)49(43,44)45/h6-16,41H,4-5H2,1-3H3,(H,43,44,45)(H,46,47,48)(H2,33,34,35,36,37). The van der Waals surface area contributed by atoms with Crippen LogP contribution in [0.25, 0.3) is 10.8 Å². The van der Waals surface area contributed by atoms with Crippen molar-refractivity contribution >= 4 is 83.2 Å². The average Bonchev–Trinajstić information content (AvgIpc) is 3.04. The number of phenols is 1. The number of azo groups is 1. The Hall–Kier alpha value is -5.27. The first-order valence-corrected chi connectivity index (χ1v) is 17.9. The van der Waals surface area contributed by atoms with Crippen LogP contribution >= 0.6 is 11.6 Å². The maximum Gasteiger partial charge on any atom is 0.296 e. The number of hydrogen-bond donors (Lipinski definition) is 5. The van der Waals surface area contributed by atoms with E-state index in [0.717, 1.165) is 23.8 Å². The highest BCUT2D eigenvalue weighted by Crippen LogP contribution is 2.42. The van der Waals surface area contributed by atoms with Gasteiger partial charge in [-0.05, 0) is 110 Å². The van der Waals surface area contributed by atoms with Crippen LogP contribution in [0.3, 0.4) is 0 Å². The van der Waals surface area contributed by atoms with E-state index in [9.17, 15) is 31.3 Å². The van der Waals surface area contributed by atoms with Crippen LogP contribution in [0.1, 0.15) is 29.8 Å². The summed E-state index contributed by atoms with van der Waals surface area (Å²) in [6.45, 7) is 6.81. The van der Waals surface area contributed by atoms with E-state index in [0.29, 0.717) is 30.0 Å². The second-order valence-corrected chi connectivity index (χ2v) is 13.8. The number of phenolic OH excluding ortho intramolecular Hbond substituents is 1. The first kappa shape index (κ1) is 36.0. The Balaban J connectivity index is 1.42. The van der Waals surface area contributed by atoms with E-state index in [1.54, 1.807) is 23.1 Å². The maximum atomic E-state index is 12.8. The van der Waals surface area contributed by atoms with Crippen LogP contribution in [0.4, 0.5) is 34.6 Å². The zero-order chi connectivity index (χ0) is 36.4. The third-order valence-electron chi connectivity index (χ3n) is 7.36. The molecular weight excluding hydrogens is 712 g/mol. The number of aromatic nitrogens is 3. The van der Waals surface area contributed by atoms with E-state index >= 15 is 0 Å². The fourth-order valence-corrected chi connectivity index (χ4v) is 6.15. The van der Waals surface area contributed by atoms with E-state index in [4.69, 9.17) is 16.2 Å². The highest BCUT2D eigenvalue weighted by molar-refractivity contribution is 7.86. The molecule has 0 radical (unpaired) electrons. The van der Waals surface area contributed by atoms with Gasteiger partial charge < -0.3 is 20.6 Å². The van der Waals surface area contributed by atoms with E-state index in [1.165, 1.54) is 30.3 Å². The minimum atomic E-state index is -4.94. The first-order chi connectivity index (χ1) is 23.6. The molecular formula is C31H29ClN8O8S2. The quantitative estimate of drug-likeness (QED) is 0.0712. The van der Waals surface area contributed by atoms with E-state index in [-0.39, 0.29) is 39.5 Å². The molecule has 0 aliphatic carbocycles. The molecule has 16 nitrogen and oxygen atoms in total. The molecule has 0 aliphatic heterocycles. The van der Waals surface area contributed by atoms with E-state index in [1.807, 2.05) is 20.8 Å². The lowest BCUT2D eigenvalue weighted by Gasteiger charge is -2.19. The van der Waals surface area contributed by atoms with Gasteiger partial charge in [0.15, 0.2) is 5.75 Å². The smallest absolute Gasteiger partial charge is 0.296 e. The molecule has 0 unspecified atom stereocenters. The molecule has 1 heterocycles. The molecule has 0 saturated heterocycles. The molecule has 5 aromatic rings. The number of benzene rings is 4. The van der Waals surface area contributed by atoms with Crippen molar-refractivity contribution in [2.75, 3.05) is 23.7 Å². The van der Waals surface area contributed by atoms with Gasteiger partial charge in [0.2, 0.25) is 17.2 Å². The summed E-state index contributed by atoms with van der Waals surface area (Å²) in [7, 11) is -9.39. The van der Waals surface area contributed by atoms with Crippen LogP contribution < -0.4 is 10.6 Å². The van der Waals surface area contributed by atoms with Crippen molar-refractivity contribution in [2.45, 2.75) is 30.6 Å². The molecule has 0 aliphatic rings. The molecule has 0 bridgehead atoms. The third-order valence-corrected chi connectivity index (χ3v) is 9.27. The molecule has 1 aromatic heterocycles. The normalized spacial score (nSPS) is 12.0. The second-order valence-electron chi connectivity index (χ2n) is 10.7. The number of halogens is 1. The zero-order valence-corrected chi connectivity index (χ0v) is 28.9. The Morgan fingerprint density at radius 1 is 0.840 bits per heavy atom. The third kappa shape index (κ3) is 8.12. The molecule has 5 rings (SSSR count). The summed E-state index contributed by atoms with van der Waals surface area (Å²) >= 11 is 6.18. The molecule has 5 N–H and O–H groups in total. The molecule has 0 spiro atoms. The predicted molar refractivity (Wildman–Crippen MR) is 186 cm³/mol. The van der Waals surface area contributed by atoms with Crippen molar-refractivity contribution in [1.82, 2.24) is 19.9 Å². The Labute approximate surface area is 291 Å². The number of carbonyl (C=O) groups is 1. The predicted octanol–water partition coefficient (Wildman–Crippen LogP) is 6.57. The number of nitrogens with one attached hydrogen (secondary N) is 2. The number of carbonyl (C=O) groups excluding carboxylic acids is 1. The summed E-state index contributed by atoms with van der Waals surface area (Å²) in [6.07, 6.45) is 0. The van der Waals surface area contributed by atoms with Crippen LogP contribution in [-0.4, -0.2) is 69.9 Å². The number of rotatable bonds is 11. The van der Waals surface area contributed by atoms with Crippen LogP contribution in [-0.2, 0) is 20.2 Å². The molecule has 260 valence electrons. The Bertz CT molecular complexity index is 2370. The SMILES string of the molecule is CCN(CC)C(=O)c1ccc(Nc2nc(Cl)nc(Nc3ccc4c(O)c(N=Nc5ccc(S(=O)(=O)O)cc5)c(S(=O)(=O)O)cc4c3)n2)c(C)c1. The number of nitrogens with zero attached hydrogens (tertiary/aromatic N) is 6. The molecule has 4 aromatic carbocycles. The van der Waals surface area contributed by atoms with Crippen molar-refractivity contribution in [1.29, 1.82) is 0 Å². The van der Waals surface area contributed by atoms with Crippen molar-refractivity contribution in [2.24, 2.45) is 10.2 Å². The van der Waals surface area contributed by atoms with E-state index < -0.39 is 41.5 Å². The Morgan fingerprint density at radius 2 is 1.50 bits per heavy atom. The summed E-state index contributed by atoms with van der Waals surface area (Å²) in [6, 6.07) is 15.2. The zero-order valence-electron chi connectivity index (χ0n) is 26.5. The Kier molecular flexibility index (Phi) is 10.3. The largest absolute Gasteiger partial charge is 0.505 e. The van der Waals surface area contributed by atoms with Crippen LogP contribution in [0.15, 0.2) is 86.7 Å². The minimum absolute atomic E-state index is 0.0162. The fourth-order valence-electron chi connectivity index (χ4n) is 4.86. The number of hydrogen-bond acceptors (Lipinski definition) is 13. The van der Waals surface area contributed by atoms with Gasteiger partial charge in [0.05, 0.1) is 10.6 Å². The highest BCUT2D eigenvalue weighted by atomic mass is 35.5. The molecule has 50 heavy (non-hydrogen) atoms. The molecule has 19 heteroatoms. The van der Waals surface area contributed by atoms with Crippen LogP contribution in [0.5, 0.6) is 5.75 Å². The van der Waals surface area contributed by atoms with Crippen molar-refractivity contribution in [3.05, 3.63) is 83.1 Å². The number of anilines is 4. The fraction of sp³-hybridized carbons (Fsp3) is 0.161. The second kappa shape index (κ2) is 14.3. The molecule has 0 saturated carbocycles. The lowest BCUT2D eigenvalue weighted by molar-refractivity contribution is 0.0773. The minimum Gasteiger partial charge on any atom is -0.505 e. The summed E-state index contributed by atoms with van der Waals surface area (Å²) in [4.78, 5) is 25.9. The monoisotopic (exact) mass is 740 g/mol. The number of aromatic hydroxyl groups is 1. The van der Waals surface area contributed by atoms with Crippen molar-refractivity contribution < 1.29 is 35.8 Å². The lowest BCUT2D eigenvalue weighted by atomic mass is 10.1. The van der Waals surface area contributed by atoms with Gasteiger partial charge in [0.25, 0.3) is 26.1 Å². The van der Waals surface area contributed by atoms with Crippen LogP contribution in [0, 0.1) is 6.92 Å². The van der Waals surface area contributed by atoms with Gasteiger partial charge in [-0.3, -0.25) is 13.9 Å². The van der Waals surface area contributed by atoms with Gasteiger partial charge in [-0.2, -0.15) is 36.9 Å². The first-order valence-electron chi connectivity index (χ1n) is 14.7. The Morgan fingerprint density at radius 3 is 2.10 bits per heavy atom. The number of amides is 1. The van der Waals surface area contributed by atoms with Gasteiger partial charge in [-0.15, -0.1) is 5.11 Å². The molecule has 1 amide bonds. The van der Waals surface area contributed by atoms with Gasteiger partial charge in [-0.25, -0.2) is 0 Å². The molecule has 0 fully saturated rings. The topological polar surface area (TPSA) is 237 Å². The average molecular weight is 741 g/mol. The number of aryl methyl sites for hydroxylation is 1. The van der Waals surface area contributed by atoms with Gasteiger partial charge in [0.1, 0.15) is 10.6 Å². The molecule has 0 atom stereocenters. The van der Waals surface area contributed by atoms with Crippen molar-refractivity contribution in [3.8, 4) is 5.75 Å². The summed E-state index contributed by atoms with van der Waals surface area (Å²) in [5.74, 6) is -0.593. The lowest BCUT2D eigenvalue weighted by Crippen LogP contribution is -2.30.